The lowest BCUT2D eigenvalue weighted by Crippen LogP contribution is -2.10. The molecule has 5 nitrogen and oxygen atoms in total. The zero-order chi connectivity index (χ0) is 17.8. The number of methoxy groups -OCH3 is 1. The number of anilines is 1. The van der Waals surface area contributed by atoms with Crippen molar-refractivity contribution in [3.05, 3.63) is 64.7 Å². The number of para-hydroxylation sites is 1. The predicted octanol–water partition coefficient (Wildman–Crippen LogP) is 4.04. The number of thiazole rings is 1. The normalized spacial score (nSPS) is 11.0. The van der Waals surface area contributed by atoms with E-state index in [1.165, 1.54) is 24.5 Å². The quantitative estimate of drug-likeness (QED) is 0.568. The van der Waals surface area contributed by atoms with Crippen LogP contribution in [0.2, 0.25) is 0 Å². The molecule has 126 valence electrons. The number of ether oxygens (including phenoxy) is 1. The molecule has 1 heterocycles. The number of esters is 1. The van der Waals surface area contributed by atoms with E-state index in [-0.39, 0.29) is 5.91 Å². The van der Waals surface area contributed by atoms with Crippen molar-refractivity contribution in [2.24, 2.45) is 0 Å². The number of nitrogens with one attached hydrogen (secondary N) is 1. The summed E-state index contributed by atoms with van der Waals surface area (Å²) in [6.07, 6.45) is 3.11. The number of hydrogen-bond acceptors (Lipinski definition) is 5. The van der Waals surface area contributed by atoms with Gasteiger partial charge >= 0.3 is 5.97 Å². The van der Waals surface area contributed by atoms with Gasteiger partial charge in [-0.2, -0.15) is 0 Å². The van der Waals surface area contributed by atoms with Crippen LogP contribution in [0.25, 0.3) is 16.3 Å². The van der Waals surface area contributed by atoms with Crippen molar-refractivity contribution in [1.82, 2.24) is 4.98 Å². The monoisotopic (exact) mass is 352 g/mol. The van der Waals surface area contributed by atoms with Gasteiger partial charge in [-0.05, 0) is 42.8 Å². The summed E-state index contributed by atoms with van der Waals surface area (Å²) in [5.74, 6) is -0.732. The third kappa shape index (κ3) is 3.92. The Labute approximate surface area is 149 Å². The van der Waals surface area contributed by atoms with Crippen molar-refractivity contribution < 1.29 is 14.3 Å². The molecule has 0 aliphatic heterocycles. The van der Waals surface area contributed by atoms with Gasteiger partial charge in [0.1, 0.15) is 5.01 Å². The molecule has 1 aromatic heterocycles. The third-order valence-electron chi connectivity index (χ3n) is 3.60. The van der Waals surface area contributed by atoms with Gasteiger partial charge < -0.3 is 10.1 Å². The molecule has 0 spiro atoms. The standard InChI is InChI=1S/C19H16N2O3S/c1-12-7-8-13(19(23)24-2)11-15(12)20-17(22)9-10-18-21-14-5-3-4-6-16(14)25-18/h3-11H,1-2H3,(H,20,22)/b10-9+. The van der Waals surface area contributed by atoms with E-state index in [4.69, 9.17) is 4.74 Å². The fourth-order valence-corrected chi connectivity index (χ4v) is 3.15. The molecule has 3 rings (SSSR count). The lowest BCUT2D eigenvalue weighted by atomic mass is 10.1. The van der Waals surface area contributed by atoms with Gasteiger partial charge in [-0.25, -0.2) is 9.78 Å². The maximum absolute atomic E-state index is 12.2. The van der Waals surface area contributed by atoms with Gasteiger partial charge in [0.25, 0.3) is 0 Å². The van der Waals surface area contributed by atoms with Crippen LogP contribution < -0.4 is 5.32 Å². The Kier molecular flexibility index (Phi) is 4.90. The van der Waals surface area contributed by atoms with Crippen LogP contribution in [0, 0.1) is 6.92 Å². The molecule has 0 atom stereocenters. The molecule has 1 N–H and O–H groups in total. The van der Waals surface area contributed by atoms with E-state index in [0.717, 1.165) is 20.8 Å². The zero-order valence-electron chi connectivity index (χ0n) is 13.8. The average molecular weight is 352 g/mol. The van der Waals surface area contributed by atoms with Crippen LogP contribution in [0.15, 0.2) is 48.5 Å². The summed E-state index contributed by atoms with van der Waals surface area (Å²) in [6, 6.07) is 12.8. The molecule has 1 amide bonds. The van der Waals surface area contributed by atoms with E-state index in [0.29, 0.717) is 11.3 Å². The molecule has 6 heteroatoms. The highest BCUT2D eigenvalue weighted by molar-refractivity contribution is 7.19. The van der Waals surface area contributed by atoms with Crippen LogP contribution in [0.3, 0.4) is 0 Å². The second kappa shape index (κ2) is 7.27. The van der Waals surface area contributed by atoms with Crippen molar-refractivity contribution in [2.45, 2.75) is 6.92 Å². The Hall–Kier alpha value is -2.99. The van der Waals surface area contributed by atoms with Gasteiger partial charge in [0.05, 0.1) is 22.9 Å². The van der Waals surface area contributed by atoms with Crippen molar-refractivity contribution >= 4 is 45.2 Å². The number of benzene rings is 2. The SMILES string of the molecule is COC(=O)c1ccc(C)c(NC(=O)/C=C/c2nc3ccccc3s2)c1. The van der Waals surface area contributed by atoms with Crippen molar-refractivity contribution in [1.29, 1.82) is 0 Å². The van der Waals surface area contributed by atoms with Crippen molar-refractivity contribution in [2.75, 3.05) is 12.4 Å². The Bertz CT molecular complexity index is 943. The molecule has 0 fully saturated rings. The number of carbonyl (C=O) groups excluding carboxylic acids is 2. The number of nitrogens with zero attached hydrogens (tertiary/aromatic N) is 1. The summed E-state index contributed by atoms with van der Waals surface area (Å²) < 4.78 is 5.77. The smallest absolute Gasteiger partial charge is 0.337 e. The van der Waals surface area contributed by atoms with Gasteiger partial charge in [0.2, 0.25) is 5.91 Å². The summed E-state index contributed by atoms with van der Waals surface area (Å²) in [6.45, 7) is 1.86. The van der Waals surface area contributed by atoms with Gasteiger partial charge in [-0.15, -0.1) is 11.3 Å². The molecule has 0 saturated heterocycles. The largest absolute Gasteiger partial charge is 0.465 e. The first-order valence-electron chi connectivity index (χ1n) is 7.60. The zero-order valence-corrected chi connectivity index (χ0v) is 14.6. The number of aryl methyl sites for hydroxylation is 1. The van der Waals surface area contributed by atoms with E-state index in [2.05, 4.69) is 10.3 Å². The molecule has 0 aliphatic carbocycles. The summed E-state index contributed by atoms with van der Waals surface area (Å²) in [5.41, 5.74) is 2.73. The highest BCUT2D eigenvalue weighted by Crippen LogP contribution is 2.22. The fraction of sp³-hybridized carbons (Fsp3) is 0.105. The minimum Gasteiger partial charge on any atom is -0.465 e. The van der Waals surface area contributed by atoms with E-state index in [1.54, 1.807) is 24.3 Å². The van der Waals surface area contributed by atoms with Crippen molar-refractivity contribution in [3.8, 4) is 0 Å². The Morgan fingerprint density at radius 2 is 2.00 bits per heavy atom. The van der Waals surface area contributed by atoms with Crippen LogP contribution in [0.4, 0.5) is 5.69 Å². The van der Waals surface area contributed by atoms with Crippen LogP contribution >= 0.6 is 11.3 Å². The van der Waals surface area contributed by atoms with Crippen LogP contribution in [-0.4, -0.2) is 24.0 Å². The second-order valence-electron chi connectivity index (χ2n) is 5.36. The van der Waals surface area contributed by atoms with Gasteiger partial charge in [0, 0.05) is 11.8 Å². The lowest BCUT2D eigenvalue weighted by Gasteiger charge is -2.08. The van der Waals surface area contributed by atoms with Gasteiger partial charge in [0.15, 0.2) is 0 Å². The molecule has 0 saturated carbocycles. The summed E-state index contributed by atoms with van der Waals surface area (Å²) in [4.78, 5) is 28.2. The summed E-state index contributed by atoms with van der Waals surface area (Å²) in [7, 11) is 1.32. The van der Waals surface area contributed by atoms with E-state index in [9.17, 15) is 9.59 Å². The lowest BCUT2D eigenvalue weighted by molar-refractivity contribution is -0.111. The number of amides is 1. The van der Waals surface area contributed by atoms with Gasteiger partial charge in [-0.1, -0.05) is 18.2 Å². The number of carbonyl (C=O) groups is 2. The first kappa shape index (κ1) is 16.9. The average Bonchev–Trinajstić information content (AvgIpc) is 3.04. The highest BCUT2D eigenvalue weighted by Gasteiger charge is 2.09. The Balaban J connectivity index is 1.74. The molecule has 25 heavy (non-hydrogen) atoms. The maximum Gasteiger partial charge on any atom is 0.337 e. The molecule has 2 aromatic carbocycles. The number of aromatic nitrogens is 1. The Morgan fingerprint density at radius 1 is 1.20 bits per heavy atom. The Morgan fingerprint density at radius 3 is 2.76 bits per heavy atom. The molecular formula is C19H16N2O3S. The maximum atomic E-state index is 12.2. The first-order chi connectivity index (χ1) is 12.1. The summed E-state index contributed by atoms with van der Waals surface area (Å²) in [5, 5.41) is 3.54. The highest BCUT2D eigenvalue weighted by atomic mass is 32.1. The topological polar surface area (TPSA) is 68.3 Å². The fourth-order valence-electron chi connectivity index (χ4n) is 2.28. The number of hydrogen-bond donors (Lipinski definition) is 1. The number of fused-ring (bicyclic) bond motifs is 1. The predicted molar refractivity (Wildman–Crippen MR) is 99.8 cm³/mol. The van der Waals surface area contributed by atoms with Gasteiger partial charge in [-0.3, -0.25) is 4.79 Å². The molecule has 3 aromatic rings. The minimum atomic E-state index is -0.444. The number of rotatable bonds is 4. The van der Waals surface area contributed by atoms with Crippen LogP contribution in [0.5, 0.6) is 0 Å². The third-order valence-corrected chi connectivity index (χ3v) is 4.61. The second-order valence-corrected chi connectivity index (χ2v) is 6.43. The van der Waals surface area contributed by atoms with E-state index in [1.807, 2.05) is 31.2 Å². The summed E-state index contributed by atoms with van der Waals surface area (Å²) >= 11 is 1.52. The molecule has 0 bridgehead atoms. The van der Waals surface area contributed by atoms with Crippen LogP contribution in [0.1, 0.15) is 20.9 Å². The van der Waals surface area contributed by atoms with Crippen molar-refractivity contribution in [3.63, 3.8) is 0 Å². The molecular weight excluding hydrogens is 336 g/mol. The first-order valence-corrected chi connectivity index (χ1v) is 8.42. The van der Waals surface area contributed by atoms with Crippen LogP contribution in [-0.2, 0) is 9.53 Å². The van der Waals surface area contributed by atoms with E-state index < -0.39 is 5.97 Å². The molecule has 0 radical (unpaired) electrons. The minimum absolute atomic E-state index is 0.288. The van der Waals surface area contributed by atoms with E-state index >= 15 is 0 Å². The molecule has 0 aliphatic rings. The molecule has 0 unspecified atom stereocenters.